The van der Waals surface area contributed by atoms with Gasteiger partial charge in [0.05, 0.1) is 4.90 Å². The summed E-state index contributed by atoms with van der Waals surface area (Å²) in [6.07, 6.45) is 0. The molecule has 4 N–H and O–H groups in total. The Morgan fingerprint density at radius 3 is 2.00 bits per heavy atom. The number of hydrogen-bond acceptors (Lipinski definition) is 5. The molecule has 1 aromatic heterocycles. The second-order valence-corrected chi connectivity index (χ2v) is 2.34. The number of thiol groups is 1. The molecule has 0 radical (unpaired) electrons. The molecule has 54 valence electrons. The molecule has 5 heteroatoms. The molecule has 1 aromatic rings. The highest BCUT2D eigenvalue weighted by atomic mass is 32.1. The summed E-state index contributed by atoms with van der Waals surface area (Å²) >= 11 is 3.98. The zero-order valence-electron chi connectivity index (χ0n) is 5.50. The fourth-order valence-electron chi connectivity index (χ4n) is 0.611. The first-order valence-electron chi connectivity index (χ1n) is 2.70. The lowest BCUT2D eigenvalue weighted by Gasteiger charge is -2.01. The van der Waals surface area contributed by atoms with Gasteiger partial charge in [0.15, 0.2) is 0 Å². The van der Waals surface area contributed by atoms with E-state index in [1.165, 1.54) is 0 Å². The normalized spacial score (nSPS) is 9.80. The quantitative estimate of drug-likeness (QED) is 0.470. The lowest BCUT2D eigenvalue weighted by molar-refractivity contribution is 1.03. The largest absolute Gasteiger partial charge is 0.383 e. The van der Waals surface area contributed by atoms with Crippen molar-refractivity contribution in [1.29, 1.82) is 0 Å². The maximum absolute atomic E-state index is 5.41. The Morgan fingerprint density at radius 1 is 1.20 bits per heavy atom. The Bertz CT molecular complexity index is 237. The van der Waals surface area contributed by atoms with E-state index in [1.54, 1.807) is 6.92 Å². The first-order valence-corrected chi connectivity index (χ1v) is 3.14. The van der Waals surface area contributed by atoms with E-state index in [9.17, 15) is 0 Å². The van der Waals surface area contributed by atoms with Crippen LogP contribution in [0.4, 0.5) is 11.6 Å². The molecule has 0 saturated carbocycles. The van der Waals surface area contributed by atoms with Crippen molar-refractivity contribution in [2.75, 3.05) is 11.5 Å². The highest BCUT2D eigenvalue weighted by Gasteiger charge is 2.01. The second kappa shape index (κ2) is 2.34. The van der Waals surface area contributed by atoms with E-state index >= 15 is 0 Å². The Hall–Kier alpha value is -0.970. The number of nitrogen functional groups attached to an aromatic ring is 2. The van der Waals surface area contributed by atoms with E-state index in [1.807, 2.05) is 0 Å². The van der Waals surface area contributed by atoms with Crippen LogP contribution in [0.3, 0.4) is 0 Å². The molecule has 0 spiro atoms. The zero-order valence-corrected chi connectivity index (χ0v) is 6.39. The lowest BCUT2D eigenvalue weighted by Crippen LogP contribution is -2.02. The number of aromatic nitrogens is 2. The molecule has 0 bridgehead atoms. The fraction of sp³-hybridized carbons (Fsp3) is 0.200. The van der Waals surface area contributed by atoms with Gasteiger partial charge in [0.2, 0.25) is 0 Å². The van der Waals surface area contributed by atoms with Crippen molar-refractivity contribution < 1.29 is 0 Å². The first kappa shape index (κ1) is 7.14. The molecule has 10 heavy (non-hydrogen) atoms. The summed E-state index contributed by atoms with van der Waals surface area (Å²) in [6, 6.07) is 0. The number of nitrogens with zero attached hydrogens (tertiary/aromatic N) is 2. The standard InChI is InChI=1S/C5H8N4S/c1-2-8-4(6)3(10)5(7)9-2/h10H,1H3,(H4,6,7,8,9). The minimum absolute atomic E-state index is 0.327. The Kier molecular flexibility index (Phi) is 1.67. The van der Waals surface area contributed by atoms with Crippen LogP contribution in [-0.4, -0.2) is 9.97 Å². The molecule has 1 rings (SSSR count). The topological polar surface area (TPSA) is 77.8 Å². The van der Waals surface area contributed by atoms with E-state index in [0.717, 1.165) is 0 Å². The number of aryl methyl sites for hydroxylation is 1. The summed E-state index contributed by atoms with van der Waals surface area (Å²) in [6.45, 7) is 1.72. The van der Waals surface area contributed by atoms with Crippen LogP contribution in [0.1, 0.15) is 5.82 Å². The number of anilines is 2. The molecule has 0 aliphatic carbocycles. The van der Waals surface area contributed by atoms with Crippen LogP contribution < -0.4 is 11.5 Å². The van der Waals surface area contributed by atoms with E-state index in [2.05, 4.69) is 22.6 Å². The third-order valence-corrected chi connectivity index (χ3v) is 1.51. The van der Waals surface area contributed by atoms with E-state index in [-0.39, 0.29) is 0 Å². The molecule has 0 aliphatic heterocycles. The summed E-state index contributed by atoms with van der Waals surface area (Å²) in [5.41, 5.74) is 10.8. The van der Waals surface area contributed by atoms with Gasteiger partial charge in [0.25, 0.3) is 0 Å². The Labute approximate surface area is 64.1 Å². The van der Waals surface area contributed by atoms with Gasteiger partial charge in [-0.25, -0.2) is 9.97 Å². The third kappa shape index (κ3) is 1.13. The van der Waals surface area contributed by atoms with Gasteiger partial charge in [0, 0.05) is 0 Å². The van der Waals surface area contributed by atoms with Gasteiger partial charge >= 0.3 is 0 Å². The highest BCUT2D eigenvalue weighted by Crippen LogP contribution is 2.18. The van der Waals surface area contributed by atoms with Gasteiger partial charge in [-0.2, -0.15) is 0 Å². The van der Waals surface area contributed by atoms with Gasteiger partial charge in [-0.3, -0.25) is 0 Å². The van der Waals surface area contributed by atoms with Gasteiger partial charge in [-0.05, 0) is 6.92 Å². The van der Waals surface area contributed by atoms with Gasteiger partial charge < -0.3 is 11.5 Å². The minimum atomic E-state index is 0.327. The van der Waals surface area contributed by atoms with Crippen LogP contribution in [0, 0.1) is 6.92 Å². The number of nitrogens with two attached hydrogens (primary N) is 2. The van der Waals surface area contributed by atoms with Crippen molar-refractivity contribution >= 4 is 24.3 Å². The summed E-state index contributed by atoms with van der Waals surface area (Å²) < 4.78 is 0. The van der Waals surface area contributed by atoms with Gasteiger partial charge in [-0.1, -0.05) is 0 Å². The van der Waals surface area contributed by atoms with Crippen LogP contribution in [0.25, 0.3) is 0 Å². The zero-order chi connectivity index (χ0) is 7.72. The smallest absolute Gasteiger partial charge is 0.142 e. The maximum atomic E-state index is 5.41. The van der Waals surface area contributed by atoms with Crippen molar-refractivity contribution in [2.45, 2.75) is 11.8 Å². The van der Waals surface area contributed by atoms with Crippen LogP contribution in [0.2, 0.25) is 0 Å². The Balaban J connectivity index is 3.31. The van der Waals surface area contributed by atoms with Gasteiger partial charge in [0.1, 0.15) is 17.5 Å². The predicted octanol–water partition coefficient (Wildman–Crippen LogP) is 0.238. The summed E-state index contributed by atoms with van der Waals surface area (Å²) in [5.74, 6) is 1.22. The van der Waals surface area contributed by atoms with Crippen molar-refractivity contribution in [3.63, 3.8) is 0 Å². The van der Waals surface area contributed by atoms with E-state index in [0.29, 0.717) is 22.4 Å². The maximum Gasteiger partial charge on any atom is 0.142 e. The fourth-order valence-corrected chi connectivity index (χ4v) is 0.711. The SMILES string of the molecule is Cc1nc(N)c(S)c(N)n1. The average Bonchev–Trinajstić information content (AvgIpc) is 1.82. The van der Waals surface area contributed by atoms with Crippen molar-refractivity contribution in [3.05, 3.63) is 5.82 Å². The molecule has 0 unspecified atom stereocenters. The lowest BCUT2D eigenvalue weighted by atomic mass is 10.5. The van der Waals surface area contributed by atoms with E-state index < -0.39 is 0 Å². The minimum Gasteiger partial charge on any atom is -0.383 e. The molecular weight excluding hydrogens is 148 g/mol. The molecule has 0 fully saturated rings. The summed E-state index contributed by atoms with van der Waals surface area (Å²) in [7, 11) is 0. The first-order chi connectivity index (χ1) is 4.61. The van der Waals surface area contributed by atoms with E-state index in [4.69, 9.17) is 11.5 Å². The predicted molar refractivity (Wildman–Crippen MR) is 42.8 cm³/mol. The average molecular weight is 156 g/mol. The summed E-state index contributed by atoms with van der Waals surface area (Å²) in [4.78, 5) is 8.14. The second-order valence-electron chi connectivity index (χ2n) is 1.89. The van der Waals surface area contributed by atoms with Crippen LogP contribution in [0.15, 0.2) is 4.90 Å². The Morgan fingerprint density at radius 2 is 1.60 bits per heavy atom. The molecular formula is C5H8N4S. The molecule has 0 atom stereocenters. The third-order valence-electron chi connectivity index (χ3n) is 1.05. The van der Waals surface area contributed by atoms with Crippen molar-refractivity contribution in [3.8, 4) is 0 Å². The van der Waals surface area contributed by atoms with Crippen LogP contribution in [-0.2, 0) is 0 Å². The number of hydrogen-bond donors (Lipinski definition) is 3. The molecule has 4 nitrogen and oxygen atoms in total. The van der Waals surface area contributed by atoms with Crippen molar-refractivity contribution in [2.24, 2.45) is 0 Å². The molecule has 1 heterocycles. The molecule has 0 aromatic carbocycles. The monoisotopic (exact) mass is 156 g/mol. The van der Waals surface area contributed by atoms with Crippen molar-refractivity contribution in [1.82, 2.24) is 9.97 Å². The van der Waals surface area contributed by atoms with Gasteiger partial charge in [-0.15, -0.1) is 12.6 Å². The summed E-state index contributed by atoms with van der Waals surface area (Å²) in [5, 5.41) is 0. The van der Waals surface area contributed by atoms with Crippen LogP contribution >= 0.6 is 12.6 Å². The molecule has 0 aliphatic rings. The molecule has 0 saturated heterocycles. The molecule has 0 amide bonds. The number of rotatable bonds is 0. The highest BCUT2D eigenvalue weighted by molar-refractivity contribution is 7.80. The van der Waals surface area contributed by atoms with Crippen LogP contribution in [0.5, 0.6) is 0 Å².